The minimum absolute atomic E-state index is 0.00672. The second kappa shape index (κ2) is 9.16. The number of rotatable bonds is 6. The van der Waals surface area contributed by atoms with Crippen LogP contribution in [0, 0.1) is 5.92 Å². The van der Waals surface area contributed by atoms with Gasteiger partial charge in [0.25, 0.3) is 0 Å². The van der Waals surface area contributed by atoms with Crippen LogP contribution in [-0.2, 0) is 29.1 Å². The molecule has 2 aromatic rings. The van der Waals surface area contributed by atoms with Crippen LogP contribution in [-0.4, -0.2) is 22.8 Å². The van der Waals surface area contributed by atoms with Gasteiger partial charge in [0.2, 0.25) is 11.8 Å². The van der Waals surface area contributed by atoms with E-state index < -0.39 is 6.04 Å². The summed E-state index contributed by atoms with van der Waals surface area (Å²) in [5.41, 5.74) is 9.81. The van der Waals surface area contributed by atoms with Crippen molar-refractivity contribution in [2.75, 3.05) is 5.32 Å². The van der Waals surface area contributed by atoms with Crippen molar-refractivity contribution in [1.29, 1.82) is 0 Å². The molecule has 0 spiro atoms. The maximum Gasteiger partial charge on any atom is 0.240 e. The number of amides is 2. The van der Waals surface area contributed by atoms with E-state index in [0.29, 0.717) is 41.9 Å². The van der Waals surface area contributed by atoms with Crippen LogP contribution in [0.5, 0.6) is 0 Å². The third-order valence-corrected chi connectivity index (χ3v) is 5.48. The van der Waals surface area contributed by atoms with Gasteiger partial charge in [-0.3, -0.25) is 9.59 Å². The first-order chi connectivity index (χ1) is 13.7. The minimum atomic E-state index is -0.687. The van der Waals surface area contributed by atoms with Crippen LogP contribution in [0.1, 0.15) is 37.0 Å². The molecule has 2 amide bonds. The van der Waals surface area contributed by atoms with Crippen LogP contribution in [0.3, 0.4) is 0 Å². The first kappa shape index (κ1) is 21.6. The predicted molar refractivity (Wildman–Crippen MR) is 117 cm³/mol. The van der Waals surface area contributed by atoms with Crippen molar-refractivity contribution in [3.8, 4) is 0 Å². The zero-order valence-electron chi connectivity index (χ0n) is 16.5. The van der Waals surface area contributed by atoms with Crippen molar-refractivity contribution in [3.63, 3.8) is 0 Å². The number of nitrogens with two attached hydrogens (primary N) is 1. The fourth-order valence-corrected chi connectivity index (χ4v) is 3.94. The number of nitrogens with zero attached hydrogens (tertiary/aromatic N) is 1. The molecule has 1 aliphatic rings. The normalized spacial score (nSPS) is 14.1. The summed E-state index contributed by atoms with van der Waals surface area (Å²) in [6, 6.07) is 10.3. The molecule has 1 aliphatic heterocycles. The van der Waals surface area contributed by atoms with E-state index in [1.807, 2.05) is 32.0 Å². The summed E-state index contributed by atoms with van der Waals surface area (Å²) in [5.74, 6) is 0.165. The molecular weight excluding hydrogens is 409 g/mol. The molecule has 154 valence electrons. The molecule has 3 rings (SSSR count). The van der Waals surface area contributed by atoms with Crippen molar-refractivity contribution in [2.24, 2.45) is 11.7 Å². The predicted octanol–water partition coefficient (Wildman–Crippen LogP) is 4.39. The smallest absolute Gasteiger partial charge is 0.240 e. The molecule has 2 aromatic carbocycles. The van der Waals surface area contributed by atoms with Gasteiger partial charge >= 0.3 is 0 Å². The monoisotopic (exact) mass is 433 g/mol. The Morgan fingerprint density at radius 1 is 1.10 bits per heavy atom. The number of halogens is 2. The molecule has 3 N–H and O–H groups in total. The van der Waals surface area contributed by atoms with Gasteiger partial charge in [0.1, 0.15) is 0 Å². The maximum absolute atomic E-state index is 12.8. The van der Waals surface area contributed by atoms with Crippen LogP contribution in [0.25, 0.3) is 0 Å². The highest BCUT2D eigenvalue weighted by molar-refractivity contribution is 6.35. The number of hydrogen-bond donors (Lipinski definition) is 2. The molecule has 0 aliphatic carbocycles. The lowest BCUT2D eigenvalue weighted by Crippen LogP contribution is -2.42. The van der Waals surface area contributed by atoms with Crippen molar-refractivity contribution in [3.05, 3.63) is 63.1 Å². The Bertz CT molecular complexity index is 930. The third kappa shape index (κ3) is 5.50. The fourth-order valence-electron chi connectivity index (χ4n) is 3.46. The van der Waals surface area contributed by atoms with Crippen LogP contribution >= 0.6 is 23.2 Å². The van der Waals surface area contributed by atoms with E-state index in [0.717, 1.165) is 22.4 Å². The molecule has 0 aromatic heterocycles. The van der Waals surface area contributed by atoms with E-state index in [-0.39, 0.29) is 11.8 Å². The SMILES string of the molecule is CC(C)CC(=O)Nc1ccc2c(c1)CN(C(=O)[C@H](N)Cc1ccc(Cl)cc1Cl)C2. The van der Waals surface area contributed by atoms with E-state index >= 15 is 0 Å². The number of hydrogen-bond acceptors (Lipinski definition) is 3. The summed E-state index contributed by atoms with van der Waals surface area (Å²) in [4.78, 5) is 26.6. The third-order valence-electron chi connectivity index (χ3n) is 4.89. The van der Waals surface area contributed by atoms with Gasteiger partial charge in [-0.25, -0.2) is 0 Å². The molecule has 7 heteroatoms. The maximum atomic E-state index is 12.8. The number of carbonyl (C=O) groups excluding carboxylic acids is 2. The van der Waals surface area contributed by atoms with Gasteiger partial charge in [0.05, 0.1) is 6.04 Å². The fraction of sp³-hybridized carbons (Fsp3) is 0.364. The van der Waals surface area contributed by atoms with Gasteiger partial charge in [-0.05, 0) is 53.3 Å². The lowest BCUT2D eigenvalue weighted by Gasteiger charge is -2.20. The van der Waals surface area contributed by atoms with Gasteiger partial charge in [-0.15, -0.1) is 0 Å². The van der Waals surface area contributed by atoms with Gasteiger partial charge in [-0.2, -0.15) is 0 Å². The summed E-state index contributed by atoms with van der Waals surface area (Å²) in [5, 5.41) is 3.97. The Morgan fingerprint density at radius 3 is 2.52 bits per heavy atom. The highest BCUT2D eigenvalue weighted by Gasteiger charge is 2.28. The van der Waals surface area contributed by atoms with Crippen LogP contribution in [0.2, 0.25) is 10.0 Å². The van der Waals surface area contributed by atoms with E-state index in [1.54, 1.807) is 23.1 Å². The number of nitrogens with one attached hydrogen (secondary N) is 1. The summed E-state index contributed by atoms with van der Waals surface area (Å²) in [6.45, 7) is 5.00. The van der Waals surface area contributed by atoms with Crippen LogP contribution in [0.15, 0.2) is 36.4 Å². The van der Waals surface area contributed by atoms with E-state index in [4.69, 9.17) is 28.9 Å². The van der Waals surface area contributed by atoms with Crippen molar-refractivity contribution < 1.29 is 9.59 Å². The molecule has 0 unspecified atom stereocenters. The number of carbonyl (C=O) groups is 2. The Labute approximate surface area is 181 Å². The quantitative estimate of drug-likeness (QED) is 0.708. The second-order valence-corrected chi connectivity index (χ2v) is 8.71. The Morgan fingerprint density at radius 2 is 1.83 bits per heavy atom. The first-order valence-corrected chi connectivity index (χ1v) is 10.4. The molecule has 0 fully saturated rings. The van der Waals surface area contributed by atoms with Gasteiger partial charge in [0, 0.05) is 35.2 Å². The van der Waals surface area contributed by atoms with Crippen molar-refractivity contribution >= 4 is 40.7 Å². The molecule has 0 radical (unpaired) electrons. The largest absolute Gasteiger partial charge is 0.333 e. The van der Waals surface area contributed by atoms with Crippen LogP contribution < -0.4 is 11.1 Å². The second-order valence-electron chi connectivity index (χ2n) is 7.87. The van der Waals surface area contributed by atoms with E-state index in [2.05, 4.69) is 5.32 Å². The average molecular weight is 434 g/mol. The average Bonchev–Trinajstić information content (AvgIpc) is 3.05. The van der Waals surface area contributed by atoms with E-state index in [1.165, 1.54) is 0 Å². The molecule has 0 bridgehead atoms. The van der Waals surface area contributed by atoms with Gasteiger partial charge < -0.3 is 16.0 Å². The lowest BCUT2D eigenvalue weighted by atomic mass is 10.1. The Balaban J connectivity index is 1.63. The summed E-state index contributed by atoms with van der Waals surface area (Å²) < 4.78 is 0. The minimum Gasteiger partial charge on any atom is -0.333 e. The van der Waals surface area contributed by atoms with Crippen molar-refractivity contribution in [2.45, 2.75) is 45.8 Å². The van der Waals surface area contributed by atoms with E-state index in [9.17, 15) is 9.59 Å². The molecule has 1 atom stereocenters. The zero-order valence-corrected chi connectivity index (χ0v) is 18.1. The van der Waals surface area contributed by atoms with Crippen molar-refractivity contribution in [1.82, 2.24) is 4.90 Å². The molecule has 0 saturated heterocycles. The number of benzene rings is 2. The summed E-state index contributed by atoms with van der Waals surface area (Å²) >= 11 is 12.1. The van der Waals surface area contributed by atoms with Gasteiger partial charge in [0.15, 0.2) is 0 Å². The summed E-state index contributed by atoms with van der Waals surface area (Å²) in [6.07, 6.45) is 0.821. The highest BCUT2D eigenvalue weighted by Crippen LogP contribution is 2.27. The molecule has 0 saturated carbocycles. The topological polar surface area (TPSA) is 75.4 Å². The summed E-state index contributed by atoms with van der Waals surface area (Å²) in [7, 11) is 0. The Kier molecular flexibility index (Phi) is 6.83. The number of anilines is 1. The number of fused-ring (bicyclic) bond motifs is 1. The molecule has 5 nitrogen and oxygen atoms in total. The molecular formula is C22H25Cl2N3O2. The van der Waals surface area contributed by atoms with Crippen LogP contribution in [0.4, 0.5) is 5.69 Å². The lowest BCUT2D eigenvalue weighted by molar-refractivity contribution is -0.133. The first-order valence-electron chi connectivity index (χ1n) is 9.63. The molecule has 1 heterocycles. The molecule has 29 heavy (non-hydrogen) atoms. The zero-order chi connectivity index (χ0) is 21.1. The van der Waals surface area contributed by atoms with Gasteiger partial charge in [-0.1, -0.05) is 49.2 Å². The standard InChI is InChI=1S/C22H25Cl2N3O2/c1-13(2)7-21(28)26-18-6-4-15-11-27(12-16(15)8-18)22(29)20(25)9-14-3-5-17(23)10-19(14)24/h3-6,8,10,13,20H,7,9,11-12,25H2,1-2H3,(H,26,28)/t20-/m1/s1. The Hall–Kier alpha value is -2.08. The highest BCUT2D eigenvalue weighted by atomic mass is 35.5.